The summed E-state index contributed by atoms with van der Waals surface area (Å²) in [6, 6.07) is 14.4. The predicted octanol–water partition coefficient (Wildman–Crippen LogP) is 2.79. The Kier molecular flexibility index (Phi) is 3.82. The lowest BCUT2D eigenvalue weighted by Gasteiger charge is -2.30. The summed E-state index contributed by atoms with van der Waals surface area (Å²) in [6.45, 7) is 0. The Labute approximate surface area is 162 Å². The maximum absolute atomic E-state index is 12.8. The number of methoxy groups -OCH3 is 1. The Morgan fingerprint density at radius 3 is 2.50 bits per heavy atom. The second-order valence-electron chi connectivity index (χ2n) is 7.36. The number of amides is 4. The summed E-state index contributed by atoms with van der Waals surface area (Å²) in [5.41, 5.74) is 3.27. The lowest BCUT2D eigenvalue weighted by molar-refractivity contribution is 0.177. The highest BCUT2D eigenvalue weighted by molar-refractivity contribution is 5.96. The first-order valence-electron chi connectivity index (χ1n) is 9.33. The molecule has 4 amide bonds. The van der Waals surface area contributed by atoms with Crippen LogP contribution in [0.1, 0.15) is 34.9 Å². The van der Waals surface area contributed by atoms with Gasteiger partial charge in [-0.1, -0.05) is 24.3 Å². The molecule has 2 fully saturated rings. The van der Waals surface area contributed by atoms with Gasteiger partial charge < -0.3 is 15.4 Å². The first-order chi connectivity index (χ1) is 13.7. The van der Waals surface area contributed by atoms with Crippen LogP contribution in [0.4, 0.5) is 9.59 Å². The van der Waals surface area contributed by atoms with Gasteiger partial charge in [0.25, 0.3) is 0 Å². The Balaban J connectivity index is 1.39. The minimum atomic E-state index is -0.504. The number of urea groups is 2. The summed E-state index contributed by atoms with van der Waals surface area (Å²) in [5.74, 6) is 1.06. The molecule has 1 saturated carbocycles. The van der Waals surface area contributed by atoms with Crippen LogP contribution in [0.2, 0.25) is 0 Å². The molecule has 3 aliphatic rings. The number of nitrogens with one attached hydrogen (secondary N) is 2. The molecule has 2 aromatic rings. The van der Waals surface area contributed by atoms with E-state index < -0.39 is 12.1 Å². The maximum atomic E-state index is 12.8. The van der Waals surface area contributed by atoms with Crippen LogP contribution >= 0.6 is 0 Å². The van der Waals surface area contributed by atoms with Crippen LogP contribution in [0, 0.1) is 0 Å². The van der Waals surface area contributed by atoms with Crippen LogP contribution in [0.25, 0.3) is 0 Å². The summed E-state index contributed by atoms with van der Waals surface area (Å²) in [5, 5.41) is 11.1. The van der Waals surface area contributed by atoms with Gasteiger partial charge in [0.05, 0.1) is 13.3 Å². The second kappa shape index (κ2) is 6.37. The first kappa shape index (κ1) is 16.8. The number of carbonyl (C=O) groups is 2. The van der Waals surface area contributed by atoms with Crippen LogP contribution in [0.5, 0.6) is 5.75 Å². The number of ether oxygens (including phenoxy) is 1. The normalized spacial score (nSPS) is 27.8. The number of nitrogens with zero attached hydrogens (tertiary/aromatic N) is 2. The van der Waals surface area contributed by atoms with Gasteiger partial charge in [-0.15, -0.1) is 5.01 Å². The largest absolute Gasteiger partial charge is 0.497 e. The highest BCUT2D eigenvalue weighted by atomic mass is 16.5. The monoisotopic (exact) mass is 376 g/mol. The smallest absolute Gasteiger partial charge is 0.346 e. The van der Waals surface area contributed by atoms with E-state index in [0.29, 0.717) is 0 Å². The van der Waals surface area contributed by atoms with Crippen molar-refractivity contribution in [3.63, 3.8) is 0 Å². The quantitative estimate of drug-likeness (QED) is 0.808. The molecular formula is C21H20N4O3. The van der Waals surface area contributed by atoms with Gasteiger partial charge in [-0.25, -0.2) is 9.59 Å². The zero-order valence-electron chi connectivity index (χ0n) is 15.3. The fourth-order valence-electron chi connectivity index (χ4n) is 4.72. The maximum Gasteiger partial charge on any atom is 0.346 e. The zero-order chi connectivity index (χ0) is 19.3. The average molecular weight is 376 g/mol. The van der Waals surface area contributed by atoms with Gasteiger partial charge in [0.2, 0.25) is 0 Å². The summed E-state index contributed by atoms with van der Waals surface area (Å²) >= 11 is 0. The van der Waals surface area contributed by atoms with Crippen molar-refractivity contribution in [3.05, 3.63) is 65.2 Å². The highest BCUT2D eigenvalue weighted by Gasteiger charge is 2.54. The minimum Gasteiger partial charge on any atom is -0.497 e. The van der Waals surface area contributed by atoms with E-state index in [1.54, 1.807) is 19.2 Å². The van der Waals surface area contributed by atoms with Crippen molar-refractivity contribution in [3.8, 4) is 5.75 Å². The second-order valence-corrected chi connectivity index (χ2v) is 7.36. The van der Waals surface area contributed by atoms with E-state index in [2.05, 4.69) is 27.9 Å². The number of fused-ring (bicyclic) bond motifs is 2. The number of benzene rings is 2. The number of hydrogen-bond donors (Lipinski definition) is 2. The molecule has 4 atom stereocenters. The van der Waals surface area contributed by atoms with Gasteiger partial charge in [-0.05, 0) is 47.4 Å². The molecule has 2 aromatic carbocycles. The van der Waals surface area contributed by atoms with Crippen molar-refractivity contribution in [2.75, 3.05) is 7.11 Å². The van der Waals surface area contributed by atoms with Crippen molar-refractivity contribution in [2.45, 2.75) is 30.3 Å². The molecule has 1 aliphatic heterocycles. The highest BCUT2D eigenvalue weighted by Crippen LogP contribution is 2.53. The number of carbonyl (C=O) groups excluding carboxylic acids is 2. The van der Waals surface area contributed by atoms with E-state index in [-0.39, 0.29) is 23.9 Å². The molecule has 2 N–H and O–H groups in total. The lowest BCUT2D eigenvalue weighted by atomic mass is 9.88. The molecule has 5 rings (SSSR count). The topological polar surface area (TPSA) is 83.0 Å². The molecule has 7 heteroatoms. The third-order valence-corrected chi connectivity index (χ3v) is 5.94. The zero-order valence-corrected chi connectivity index (χ0v) is 15.3. The third kappa shape index (κ3) is 2.54. The molecule has 7 nitrogen and oxygen atoms in total. The molecule has 1 heterocycles. The molecule has 2 aliphatic carbocycles. The lowest BCUT2D eigenvalue weighted by Crippen LogP contribution is -2.55. The van der Waals surface area contributed by atoms with Crippen LogP contribution in [-0.2, 0) is 0 Å². The SMILES string of the molecule is COc1ccc(C=NN2C(=O)N[C@@H]3[C@@H]4c5ccccc5[C@@H]3C[C@@H]4NC2=O)cc1. The number of hydrazone groups is 1. The molecule has 28 heavy (non-hydrogen) atoms. The van der Waals surface area contributed by atoms with E-state index in [9.17, 15) is 9.59 Å². The molecule has 4 bridgehead atoms. The molecule has 0 spiro atoms. The number of hydrogen-bond acceptors (Lipinski definition) is 4. The van der Waals surface area contributed by atoms with Crippen molar-refractivity contribution in [2.24, 2.45) is 5.10 Å². The Bertz CT molecular complexity index is 972. The number of rotatable bonds is 3. The molecule has 0 radical (unpaired) electrons. The van der Waals surface area contributed by atoms with E-state index in [1.165, 1.54) is 17.3 Å². The van der Waals surface area contributed by atoms with E-state index in [0.717, 1.165) is 22.7 Å². The van der Waals surface area contributed by atoms with Gasteiger partial charge >= 0.3 is 12.1 Å². The number of imide groups is 1. The van der Waals surface area contributed by atoms with E-state index in [1.807, 2.05) is 24.3 Å². The summed E-state index contributed by atoms with van der Waals surface area (Å²) in [7, 11) is 1.59. The van der Waals surface area contributed by atoms with Crippen molar-refractivity contribution in [1.82, 2.24) is 15.6 Å². The summed E-state index contributed by atoms with van der Waals surface area (Å²) in [6.07, 6.45) is 2.32. The van der Waals surface area contributed by atoms with Crippen molar-refractivity contribution in [1.29, 1.82) is 0 Å². The van der Waals surface area contributed by atoms with E-state index in [4.69, 9.17) is 4.74 Å². The van der Waals surface area contributed by atoms with Gasteiger partial charge in [0.15, 0.2) is 0 Å². The standard InChI is InChI=1S/C21H20N4O3/c1-28-13-8-6-12(7-9-13)11-22-25-20(26)23-17-10-16-14-4-2-3-5-15(14)18(17)19(16)24-21(25)27/h2-9,11,16-19H,10H2,1H3,(H,23,26)(H,24,27)/t16-,17-,18+,19-/m0/s1. The first-order valence-corrected chi connectivity index (χ1v) is 9.33. The van der Waals surface area contributed by atoms with Crippen LogP contribution in [0.15, 0.2) is 53.6 Å². The Hall–Kier alpha value is -3.35. The molecule has 1 saturated heterocycles. The van der Waals surface area contributed by atoms with Gasteiger partial charge in [-0.3, -0.25) is 0 Å². The van der Waals surface area contributed by atoms with Crippen molar-refractivity contribution >= 4 is 18.3 Å². The van der Waals surface area contributed by atoms with Crippen molar-refractivity contribution < 1.29 is 14.3 Å². The fraction of sp³-hybridized carbons (Fsp3) is 0.286. The third-order valence-electron chi connectivity index (χ3n) is 5.94. The predicted molar refractivity (Wildman–Crippen MR) is 104 cm³/mol. The molecule has 0 aromatic heterocycles. The molecule has 142 valence electrons. The minimum absolute atomic E-state index is 0.00307. The fourth-order valence-corrected chi connectivity index (χ4v) is 4.72. The van der Waals surface area contributed by atoms with Crippen LogP contribution in [-0.4, -0.2) is 42.5 Å². The molecular weight excluding hydrogens is 356 g/mol. The summed E-state index contributed by atoms with van der Waals surface area (Å²) < 4.78 is 5.13. The van der Waals surface area contributed by atoms with E-state index >= 15 is 0 Å². The molecule has 0 unspecified atom stereocenters. The van der Waals surface area contributed by atoms with Crippen LogP contribution < -0.4 is 15.4 Å². The van der Waals surface area contributed by atoms with Gasteiger partial charge in [-0.2, -0.15) is 5.10 Å². The Morgan fingerprint density at radius 2 is 1.75 bits per heavy atom. The summed E-state index contributed by atoms with van der Waals surface area (Å²) in [4.78, 5) is 25.5. The van der Waals surface area contributed by atoms with Gasteiger partial charge in [0, 0.05) is 23.9 Å². The van der Waals surface area contributed by atoms with Crippen LogP contribution in [0.3, 0.4) is 0 Å². The van der Waals surface area contributed by atoms with Gasteiger partial charge in [0.1, 0.15) is 5.75 Å². The average Bonchev–Trinajstić information content (AvgIpc) is 3.20. The Morgan fingerprint density at radius 1 is 1.04 bits per heavy atom.